The lowest BCUT2D eigenvalue weighted by molar-refractivity contribution is 0.0925. The summed E-state index contributed by atoms with van der Waals surface area (Å²) in [6.45, 7) is 6.01. The molecule has 1 unspecified atom stereocenters. The Morgan fingerprint density at radius 3 is 2.45 bits per heavy atom. The molecule has 0 aromatic heterocycles. The first-order valence-corrected chi connectivity index (χ1v) is 6.50. The van der Waals surface area contributed by atoms with Gasteiger partial charge < -0.3 is 21.0 Å². The van der Waals surface area contributed by atoms with Crippen LogP contribution in [-0.4, -0.2) is 29.1 Å². The zero-order valence-corrected chi connectivity index (χ0v) is 12.0. The molecule has 0 aliphatic heterocycles. The lowest BCUT2D eigenvalue weighted by Gasteiger charge is -2.28. The average Bonchev–Trinajstić information content (AvgIpc) is 2.47. The van der Waals surface area contributed by atoms with E-state index in [1.54, 1.807) is 31.2 Å². The number of hydrogen-bond donors (Lipinski definition) is 3. The molecule has 0 heterocycles. The smallest absolute Gasteiger partial charge is 0.252 e. The maximum absolute atomic E-state index is 12.2. The summed E-state index contributed by atoms with van der Waals surface area (Å²) in [6.07, 6.45) is 0.506. The fraction of sp³-hybridized carbons (Fsp3) is 0.429. The van der Waals surface area contributed by atoms with Gasteiger partial charge >= 0.3 is 0 Å². The van der Waals surface area contributed by atoms with Crippen LogP contribution in [0.25, 0.3) is 0 Å². The van der Waals surface area contributed by atoms with Crippen LogP contribution in [0.3, 0.4) is 0 Å². The van der Waals surface area contributed by atoms with Crippen LogP contribution in [-0.2, 0) is 0 Å². The zero-order valence-electron chi connectivity index (χ0n) is 12.0. The van der Waals surface area contributed by atoms with E-state index in [0.29, 0.717) is 24.3 Å². The Morgan fingerprint density at radius 2 is 2.00 bits per heavy atom. The number of ether oxygens (including phenoxy) is 1. The molecule has 0 radical (unpaired) electrons. The molecule has 6 nitrogen and oxygen atoms in total. The number of benzene rings is 1. The fourth-order valence-corrected chi connectivity index (χ4v) is 1.64. The van der Waals surface area contributed by atoms with Crippen molar-refractivity contribution >= 4 is 11.7 Å². The third-order valence-electron chi connectivity index (χ3n) is 3.20. The average molecular weight is 279 g/mol. The Labute approximate surface area is 118 Å². The van der Waals surface area contributed by atoms with Crippen molar-refractivity contribution in [1.82, 2.24) is 5.32 Å². The molecular weight excluding hydrogens is 258 g/mol. The van der Waals surface area contributed by atoms with Crippen LogP contribution in [0.15, 0.2) is 29.4 Å². The molecule has 1 aromatic rings. The molecule has 110 valence electrons. The van der Waals surface area contributed by atoms with E-state index in [9.17, 15) is 4.79 Å². The van der Waals surface area contributed by atoms with Crippen molar-refractivity contribution in [3.8, 4) is 5.75 Å². The first-order chi connectivity index (χ1) is 9.46. The van der Waals surface area contributed by atoms with Gasteiger partial charge in [0.2, 0.25) is 0 Å². The Hall–Kier alpha value is -2.24. The number of nitrogens with two attached hydrogens (primary N) is 1. The highest BCUT2D eigenvalue weighted by atomic mass is 16.5. The standard InChI is InChI=1S/C14H21N3O3/c1-4-14(3,13(15)17-19)16-12(18)10-6-8-11(9-7-10)20-5-2/h6-9,19H,4-5H2,1-3H3,(H2,15,17)(H,16,18). The lowest BCUT2D eigenvalue weighted by atomic mass is 9.97. The number of rotatable bonds is 6. The van der Waals surface area contributed by atoms with Crippen molar-refractivity contribution in [2.24, 2.45) is 10.9 Å². The Kier molecular flexibility index (Phi) is 5.37. The molecule has 4 N–H and O–H groups in total. The molecule has 6 heteroatoms. The van der Waals surface area contributed by atoms with E-state index in [1.807, 2.05) is 13.8 Å². The number of nitrogens with one attached hydrogen (secondary N) is 1. The highest BCUT2D eigenvalue weighted by Gasteiger charge is 2.29. The fourth-order valence-electron chi connectivity index (χ4n) is 1.64. The number of amides is 1. The second kappa shape index (κ2) is 6.79. The maximum Gasteiger partial charge on any atom is 0.252 e. The molecule has 0 spiro atoms. The van der Waals surface area contributed by atoms with Crippen molar-refractivity contribution in [3.05, 3.63) is 29.8 Å². The van der Waals surface area contributed by atoms with E-state index >= 15 is 0 Å². The van der Waals surface area contributed by atoms with Gasteiger partial charge in [-0.3, -0.25) is 4.79 Å². The molecule has 1 amide bonds. The Bertz CT molecular complexity index is 485. The molecule has 0 saturated carbocycles. The minimum atomic E-state index is -0.885. The summed E-state index contributed by atoms with van der Waals surface area (Å²) in [5.74, 6) is 0.391. The molecule has 1 aromatic carbocycles. The molecule has 1 rings (SSSR count). The van der Waals surface area contributed by atoms with Crippen molar-refractivity contribution in [1.29, 1.82) is 0 Å². The SMILES string of the molecule is CCOc1ccc(C(=O)NC(C)(CC)/C(N)=N/O)cc1. The summed E-state index contributed by atoms with van der Waals surface area (Å²) in [7, 11) is 0. The summed E-state index contributed by atoms with van der Waals surface area (Å²) in [4.78, 5) is 12.2. The number of oxime groups is 1. The van der Waals surface area contributed by atoms with Gasteiger partial charge in [-0.25, -0.2) is 0 Å². The van der Waals surface area contributed by atoms with Crippen molar-refractivity contribution < 1.29 is 14.7 Å². The van der Waals surface area contributed by atoms with E-state index in [1.165, 1.54) is 0 Å². The van der Waals surface area contributed by atoms with Crippen LogP contribution in [0.4, 0.5) is 0 Å². The Balaban J connectivity index is 2.84. The summed E-state index contributed by atoms with van der Waals surface area (Å²) >= 11 is 0. The van der Waals surface area contributed by atoms with Crippen LogP contribution >= 0.6 is 0 Å². The third kappa shape index (κ3) is 3.63. The molecular formula is C14H21N3O3. The normalized spacial score (nSPS) is 14.4. The van der Waals surface area contributed by atoms with Crippen LogP contribution < -0.4 is 15.8 Å². The summed E-state index contributed by atoms with van der Waals surface area (Å²) in [6, 6.07) is 6.79. The quantitative estimate of drug-likeness (QED) is 0.320. The van der Waals surface area contributed by atoms with Gasteiger partial charge in [-0.05, 0) is 44.5 Å². The van der Waals surface area contributed by atoms with Crippen LogP contribution in [0.2, 0.25) is 0 Å². The van der Waals surface area contributed by atoms with Gasteiger partial charge in [0.15, 0.2) is 5.84 Å². The Morgan fingerprint density at radius 1 is 1.40 bits per heavy atom. The van der Waals surface area contributed by atoms with Gasteiger partial charge in [-0.15, -0.1) is 0 Å². The van der Waals surface area contributed by atoms with Gasteiger partial charge in [0.1, 0.15) is 5.75 Å². The van der Waals surface area contributed by atoms with Crippen molar-refractivity contribution in [3.63, 3.8) is 0 Å². The molecule has 0 aliphatic rings. The first kappa shape index (κ1) is 15.8. The molecule has 0 saturated heterocycles. The highest BCUT2D eigenvalue weighted by Crippen LogP contribution is 2.14. The largest absolute Gasteiger partial charge is 0.494 e. The number of hydrogen-bond acceptors (Lipinski definition) is 4. The van der Waals surface area contributed by atoms with Crippen molar-refractivity contribution in [2.75, 3.05) is 6.61 Å². The zero-order chi connectivity index (χ0) is 15.2. The second-order valence-electron chi connectivity index (χ2n) is 4.58. The van der Waals surface area contributed by atoms with Gasteiger partial charge in [0.25, 0.3) is 5.91 Å². The van der Waals surface area contributed by atoms with E-state index in [0.717, 1.165) is 0 Å². The van der Waals surface area contributed by atoms with E-state index in [-0.39, 0.29) is 11.7 Å². The number of nitrogens with zero attached hydrogens (tertiary/aromatic N) is 1. The van der Waals surface area contributed by atoms with Gasteiger partial charge in [-0.2, -0.15) is 0 Å². The molecule has 0 bridgehead atoms. The van der Waals surface area contributed by atoms with Crippen molar-refractivity contribution in [2.45, 2.75) is 32.7 Å². The van der Waals surface area contributed by atoms with Crippen LogP contribution in [0, 0.1) is 0 Å². The number of carbonyl (C=O) groups is 1. The second-order valence-corrected chi connectivity index (χ2v) is 4.58. The van der Waals surface area contributed by atoms with Crippen LogP contribution in [0.5, 0.6) is 5.75 Å². The maximum atomic E-state index is 12.2. The minimum Gasteiger partial charge on any atom is -0.494 e. The van der Waals surface area contributed by atoms with E-state index < -0.39 is 5.54 Å². The topological polar surface area (TPSA) is 96.9 Å². The van der Waals surface area contributed by atoms with E-state index in [2.05, 4.69) is 10.5 Å². The van der Waals surface area contributed by atoms with Gasteiger partial charge in [0.05, 0.1) is 12.1 Å². The predicted octanol–water partition coefficient (Wildman–Crippen LogP) is 1.73. The lowest BCUT2D eigenvalue weighted by Crippen LogP contribution is -2.55. The summed E-state index contributed by atoms with van der Waals surface area (Å²) < 4.78 is 5.31. The summed E-state index contributed by atoms with van der Waals surface area (Å²) in [5, 5.41) is 14.5. The van der Waals surface area contributed by atoms with Gasteiger partial charge in [-0.1, -0.05) is 12.1 Å². The minimum absolute atomic E-state index is 0.0284. The van der Waals surface area contributed by atoms with Gasteiger partial charge in [0, 0.05) is 5.56 Å². The highest BCUT2D eigenvalue weighted by molar-refractivity contribution is 6.00. The number of carbonyl (C=O) groups excluding carboxylic acids is 1. The molecule has 1 atom stereocenters. The first-order valence-electron chi connectivity index (χ1n) is 6.50. The third-order valence-corrected chi connectivity index (χ3v) is 3.20. The molecule has 0 aliphatic carbocycles. The number of amidine groups is 1. The predicted molar refractivity (Wildman–Crippen MR) is 77.2 cm³/mol. The molecule has 20 heavy (non-hydrogen) atoms. The monoisotopic (exact) mass is 279 g/mol. The van der Waals surface area contributed by atoms with E-state index in [4.69, 9.17) is 15.7 Å². The summed E-state index contributed by atoms with van der Waals surface area (Å²) in [5.41, 5.74) is 5.22. The molecule has 0 fully saturated rings. The van der Waals surface area contributed by atoms with Crippen LogP contribution in [0.1, 0.15) is 37.6 Å².